The second-order valence-electron chi connectivity index (χ2n) is 2.34. The number of likely N-dealkylation sites (N-methyl/N-ethyl adjacent to an activating group) is 1. The van der Waals surface area contributed by atoms with Gasteiger partial charge in [0.2, 0.25) is 0 Å². The van der Waals surface area contributed by atoms with E-state index in [1.807, 2.05) is 0 Å². The fraction of sp³-hybridized carbons (Fsp3) is 0.833. The summed E-state index contributed by atoms with van der Waals surface area (Å²) in [5.41, 5.74) is 0. The van der Waals surface area contributed by atoms with Crippen LogP contribution in [0.4, 0.5) is 0 Å². The lowest BCUT2D eigenvalue weighted by molar-refractivity contribution is -0.130. The van der Waals surface area contributed by atoms with Gasteiger partial charge in [0.05, 0.1) is 6.61 Å². The Labute approximate surface area is 75.9 Å². The van der Waals surface area contributed by atoms with E-state index < -0.39 is 10.2 Å². The first kappa shape index (κ1) is 11.0. The second kappa shape index (κ2) is 4.14. The highest BCUT2D eigenvalue weighted by Crippen LogP contribution is 2.21. The van der Waals surface area contributed by atoms with E-state index in [1.165, 1.54) is 18.9 Å². The minimum Gasteiger partial charge on any atom is -0.395 e. The Kier molecular flexibility index (Phi) is 4.14. The number of carbonyl (C=O) groups excluding carboxylic acids is 1. The number of amides is 1. The number of aliphatic hydroxyl groups excluding tert-OH is 1. The van der Waals surface area contributed by atoms with Crippen molar-refractivity contribution in [1.82, 2.24) is 4.90 Å². The van der Waals surface area contributed by atoms with Gasteiger partial charge < -0.3 is 10.0 Å². The van der Waals surface area contributed by atoms with Crippen molar-refractivity contribution in [3.63, 3.8) is 0 Å². The van der Waals surface area contributed by atoms with E-state index in [9.17, 15) is 4.79 Å². The van der Waals surface area contributed by atoms with Crippen LogP contribution in [0.3, 0.4) is 0 Å². The Balaban J connectivity index is 4.03. The van der Waals surface area contributed by atoms with E-state index >= 15 is 0 Å². The number of aliphatic hydroxyl groups is 1. The number of rotatable bonds is 3. The van der Waals surface area contributed by atoms with E-state index in [0.29, 0.717) is 0 Å². The van der Waals surface area contributed by atoms with Gasteiger partial charge in [-0.2, -0.15) is 0 Å². The van der Waals surface area contributed by atoms with Gasteiger partial charge >= 0.3 is 0 Å². The molecule has 0 rings (SSSR count). The molecule has 0 heterocycles. The molecule has 0 unspecified atom stereocenters. The molecular formula is C6H11Cl2NO2. The van der Waals surface area contributed by atoms with Crippen LogP contribution in [0.2, 0.25) is 0 Å². The zero-order valence-corrected chi connectivity index (χ0v) is 7.98. The molecule has 0 saturated heterocycles. The zero-order chi connectivity index (χ0) is 9.07. The molecule has 1 N–H and O–H groups in total. The molecule has 0 spiro atoms. The molecule has 3 nitrogen and oxygen atoms in total. The lowest BCUT2D eigenvalue weighted by Gasteiger charge is -2.21. The van der Waals surface area contributed by atoms with Crippen molar-refractivity contribution in [3.05, 3.63) is 0 Å². The Morgan fingerprint density at radius 2 is 2.09 bits per heavy atom. The highest BCUT2D eigenvalue weighted by molar-refractivity contribution is 6.57. The normalized spacial score (nSPS) is 11.4. The third kappa shape index (κ3) is 3.79. The van der Waals surface area contributed by atoms with Crippen LogP contribution in [-0.2, 0) is 4.79 Å². The molecule has 0 aliphatic carbocycles. The topological polar surface area (TPSA) is 40.5 Å². The van der Waals surface area contributed by atoms with Crippen molar-refractivity contribution in [1.29, 1.82) is 0 Å². The first-order valence-corrected chi connectivity index (χ1v) is 3.89. The maximum atomic E-state index is 11.1. The van der Waals surface area contributed by atoms with Gasteiger partial charge in [0, 0.05) is 13.6 Å². The highest BCUT2D eigenvalue weighted by Gasteiger charge is 2.29. The van der Waals surface area contributed by atoms with Gasteiger partial charge in [-0.25, -0.2) is 0 Å². The van der Waals surface area contributed by atoms with Gasteiger partial charge in [-0.3, -0.25) is 4.79 Å². The molecule has 1 amide bonds. The molecule has 5 heteroatoms. The maximum Gasteiger partial charge on any atom is 0.258 e. The predicted octanol–water partition coefficient (Wildman–Crippen LogP) is 0.631. The monoisotopic (exact) mass is 199 g/mol. The Morgan fingerprint density at radius 1 is 1.64 bits per heavy atom. The average Bonchev–Trinajstić information content (AvgIpc) is 1.85. The average molecular weight is 200 g/mol. The van der Waals surface area contributed by atoms with Crippen molar-refractivity contribution >= 4 is 29.1 Å². The second-order valence-corrected chi connectivity index (χ2v) is 4.04. The number of halogens is 2. The van der Waals surface area contributed by atoms with Gasteiger partial charge in [-0.15, -0.1) is 0 Å². The SMILES string of the molecule is CN(CCO)C(=O)C(C)(Cl)Cl. The molecule has 66 valence electrons. The van der Waals surface area contributed by atoms with Gasteiger partial charge in [0.1, 0.15) is 0 Å². The van der Waals surface area contributed by atoms with Crippen LogP contribution in [0.5, 0.6) is 0 Å². The third-order valence-electron chi connectivity index (χ3n) is 1.16. The summed E-state index contributed by atoms with van der Waals surface area (Å²) in [4.78, 5) is 12.4. The molecule has 0 aromatic carbocycles. The molecule has 0 saturated carbocycles. The lowest BCUT2D eigenvalue weighted by atomic mass is 10.4. The third-order valence-corrected chi connectivity index (χ3v) is 1.48. The lowest BCUT2D eigenvalue weighted by Crippen LogP contribution is -2.39. The molecule has 0 fully saturated rings. The fourth-order valence-corrected chi connectivity index (χ4v) is 0.875. The number of carbonyl (C=O) groups is 1. The molecule has 0 radical (unpaired) electrons. The van der Waals surface area contributed by atoms with E-state index in [2.05, 4.69) is 0 Å². The maximum absolute atomic E-state index is 11.1. The van der Waals surface area contributed by atoms with E-state index in [1.54, 1.807) is 0 Å². The van der Waals surface area contributed by atoms with Gasteiger partial charge in [0.25, 0.3) is 5.91 Å². The smallest absolute Gasteiger partial charge is 0.258 e. The summed E-state index contributed by atoms with van der Waals surface area (Å²) in [6.45, 7) is 1.55. The Bertz CT molecular complexity index is 144. The quantitative estimate of drug-likeness (QED) is 0.678. The molecule has 0 bridgehead atoms. The minimum absolute atomic E-state index is 0.0912. The standard InChI is InChI=1S/C6H11Cl2NO2/c1-6(7,8)5(11)9(2)3-4-10/h10H,3-4H2,1-2H3. The predicted molar refractivity (Wildman–Crippen MR) is 44.8 cm³/mol. The molecule has 0 aromatic rings. The molecule has 11 heavy (non-hydrogen) atoms. The van der Waals surface area contributed by atoms with Crippen molar-refractivity contribution in [2.75, 3.05) is 20.2 Å². The van der Waals surface area contributed by atoms with Crippen LogP contribution < -0.4 is 0 Å². The summed E-state index contributed by atoms with van der Waals surface area (Å²) < 4.78 is -1.40. The molecule has 0 aromatic heterocycles. The minimum atomic E-state index is -1.40. The number of hydrogen-bond acceptors (Lipinski definition) is 2. The summed E-state index contributed by atoms with van der Waals surface area (Å²) in [5.74, 6) is -0.408. The van der Waals surface area contributed by atoms with Crippen LogP contribution in [0.1, 0.15) is 6.92 Å². The molecular weight excluding hydrogens is 189 g/mol. The summed E-state index contributed by atoms with van der Waals surface area (Å²) in [5, 5.41) is 8.47. The van der Waals surface area contributed by atoms with E-state index in [4.69, 9.17) is 28.3 Å². The van der Waals surface area contributed by atoms with Crippen molar-refractivity contribution in [3.8, 4) is 0 Å². The number of nitrogens with zero attached hydrogens (tertiary/aromatic N) is 1. The number of hydrogen-bond donors (Lipinski definition) is 1. The summed E-state index contributed by atoms with van der Waals surface area (Å²) >= 11 is 11.0. The van der Waals surface area contributed by atoms with Crippen LogP contribution in [0.25, 0.3) is 0 Å². The molecule has 0 aliphatic heterocycles. The van der Waals surface area contributed by atoms with Gasteiger partial charge in [-0.1, -0.05) is 23.2 Å². The molecule has 0 aliphatic rings. The van der Waals surface area contributed by atoms with Gasteiger partial charge in [-0.05, 0) is 6.92 Å². The van der Waals surface area contributed by atoms with Gasteiger partial charge in [0.15, 0.2) is 4.33 Å². The zero-order valence-electron chi connectivity index (χ0n) is 6.47. The van der Waals surface area contributed by atoms with Crippen molar-refractivity contribution in [2.24, 2.45) is 0 Å². The molecule has 0 atom stereocenters. The first-order valence-electron chi connectivity index (χ1n) is 3.14. The van der Waals surface area contributed by atoms with Crippen LogP contribution in [-0.4, -0.2) is 40.4 Å². The Morgan fingerprint density at radius 3 is 2.36 bits per heavy atom. The summed E-state index contributed by atoms with van der Waals surface area (Å²) in [6, 6.07) is 0. The van der Waals surface area contributed by atoms with Crippen LogP contribution in [0.15, 0.2) is 0 Å². The van der Waals surface area contributed by atoms with E-state index in [-0.39, 0.29) is 13.2 Å². The fourth-order valence-electron chi connectivity index (χ4n) is 0.587. The largest absolute Gasteiger partial charge is 0.395 e. The summed E-state index contributed by atoms with van der Waals surface area (Å²) in [6.07, 6.45) is 0. The van der Waals surface area contributed by atoms with E-state index in [0.717, 1.165) is 0 Å². The highest BCUT2D eigenvalue weighted by atomic mass is 35.5. The van der Waals surface area contributed by atoms with Crippen LogP contribution in [0, 0.1) is 0 Å². The van der Waals surface area contributed by atoms with Crippen molar-refractivity contribution < 1.29 is 9.90 Å². The first-order chi connectivity index (χ1) is 4.89. The van der Waals surface area contributed by atoms with Crippen LogP contribution >= 0.6 is 23.2 Å². The Hall–Kier alpha value is 0.01000. The summed E-state index contributed by atoms with van der Waals surface area (Å²) in [7, 11) is 1.53. The van der Waals surface area contributed by atoms with Crippen molar-refractivity contribution in [2.45, 2.75) is 11.3 Å². The number of alkyl halides is 2.